The Labute approximate surface area is 124 Å². The quantitative estimate of drug-likeness (QED) is 0.727. The minimum Gasteiger partial charge on any atom is -0.339 e. The van der Waals surface area contributed by atoms with Gasteiger partial charge in [-0.1, -0.05) is 16.5 Å². The summed E-state index contributed by atoms with van der Waals surface area (Å²) in [5.41, 5.74) is 1.90. The first-order chi connectivity index (χ1) is 10.1. The van der Waals surface area contributed by atoms with Gasteiger partial charge in [0.2, 0.25) is 17.5 Å². The van der Waals surface area contributed by atoms with E-state index in [-0.39, 0.29) is 4.87 Å². The van der Waals surface area contributed by atoms with E-state index in [0.29, 0.717) is 30.5 Å². The van der Waals surface area contributed by atoms with Crippen LogP contribution < -0.4 is 4.87 Å². The zero-order chi connectivity index (χ0) is 14.8. The highest BCUT2D eigenvalue weighted by molar-refractivity contribution is 7.07. The Morgan fingerprint density at radius 2 is 2.00 bits per heavy atom. The topological polar surface area (TPSA) is 86.7 Å². The Bertz CT molecular complexity index is 803. The third-order valence-corrected chi connectivity index (χ3v) is 3.86. The standard InChI is InChI=1S/C13H13N5O2S/c1-8-5-14-11(15-6-8)12-16-10(20-17-12)3-4-18-9(2)7-21-13(18)19/h5-7H,3-4H2,1-2H3. The predicted molar refractivity (Wildman–Crippen MR) is 77.1 cm³/mol. The highest BCUT2D eigenvalue weighted by Gasteiger charge is 2.12. The van der Waals surface area contributed by atoms with Crippen LogP contribution in [0.3, 0.4) is 0 Å². The van der Waals surface area contributed by atoms with Crippen molar-refractivity contribution in [3.63, 3.8) is 0 Å². The molecular formula is C13H13N5O2S. The van der Waals surface area contributed by atoms with Crippen LogP contribution >= 0.6 is 11.3 Å². The number of nitrogens with zero attached hydrogens (tertiary/aromatic N) is 5. The second-order valence-electron chi connectivity index (χ2n) is 4.64. The van der Waals surface area contributed by atoms with Gasteiger partial charge in [0, 0.05) is 36.4 Å². The van der Waals surface area contributed by atoms with E-state index in [1.807, 2.05) is 19.2 Å². The van der Waals surface area contributed by atoms with Gasteiger partial charge < -0.3 is 9.09 Å². The average molecular weight is 303 g/mol. The Morgan fingerprint density at radius 1 is 1.24 bits per heavy atom. The second-order valence-corrected chi connectivity index (χ2v) is 5.46. The molecule has 0 atom stereocenters. The molecule has 0 spiro atoms. The number of aromatic nitrogens is 5. The highest BCUT2D eigenvalue weighted by atomic mass is 32.1. The molecule has 0 aliphatic heterocycles. The van der Waals surface area contributed by atoms with Gasteiger partial charge in [-0.2, -0.15) is 4.98 Å². The molecule has 0 radical (unpaired) electrons. The molecule has 3 rings (SSSR count). The third-order valence-electron chi connectivity index (χ3n) is 2.97. The maximum absolute atomic E-state index is 11.6. The minimum atomic E-state index is 0.0223. The lowest BCUT2D eigenvalue weighted by Crippen LogP contribution is -2.16. The van der Waals surface area contributed by atoms with Crippen LogP contribution in [0.1, 0.15) is 17.1 Å². The fourth-order valence-electron chi connectivity index (χ4n) is 1.84. The summed E-state index contributed by atoms with van der Waals surface area (Å²) < 4.78 is 6.87. The molecule has 3 heterocycles. The van der Waals surface area contributed by atoms with Crippen molar-refractivity contribution in [2.75, 3.05) is 0 Å². The molecule has 3 aromatic rings. The first-order valence-electron chi connectivity index (χ1n) is 6.40. The summed E-state index contributed by atoms with van der Waals surface area (Å²) in [5.74, 6) is 1.26. The lowest BCUT2D eigenvalue weighted by atomic mass is 10.4. The van der Waals surface area contributed by atoms with Crippen molar-refractivity contribution >= 4 is 11.3 Å². The van der Waals surface area contributed by atoms with Gasteiger partial charge >= 0.3 is 4.87 Å². The fraction of sp³-hybridized carbons (Fsp3) is 0.308. The van der Waals surface area contributed by atoms with Crippen LogP contribution in [0.5, 0.6) is 0 Å². The first kappa shape index (κ1) is 13.6. The van der Waals surface area contributed by atoms with Crippen molar-refractivity contribution in [3.8, 4) is 11.6 Å². The molecule has 0 aromatic carbocycles. The van der Waals surface area contributed by atoms with Gasteiger partial charge in [-0.3, -0.25) is 4.79 Å². The summed E-state index contributed by atoms with van der Waals surface area (Å²) in [5, 5.41) is 5.70. The Morgan fingerprint density at radius 3 is 2.67 bits per heavy atom. The maximum Gasteiger partial charge on any atom is 0.307 e. The van der Waals surface area contributed by atoms with Crippen LogP contribution in [0.25, 0.3) is 11.6 Å². The normalized spacial score (nSPS) is 11.0. The first-order valence-corrected chi connectivity index (χ1v) is 7.28. The molecule has 0 saturated carbocycles. The van der Waals surface area contributed by atoms with Gasteiger partial charge in [-0.05, 0) is 19.4 Å². The number of hydrogen-bond donors (Lipinski definition) is 0. The van der Waals surface area contributed by atoms with Crippen molar-refractivity contribution < 1.29 is 4.52 Å². The Hall–Kier alpha value is -2.35. The molecule has 0 amide bonds. The van der Waals surface area contributed by atoms with E-state index < -0.39 is 0 Å². The zero-order valence-electron chi connectivity index (χ0n) is 11.6. The van der Waals surface area contributed by atoms with Crippen molar-refractivity contribution in [2.45, 2.75) is 26.8 Å². The van der Waals surface area contributed by atoms with Gasteiger partial charge in [-0.25, -0.2) is 9.97 Å². The van der Waals surface area contributed by atoms with Crippen LogP contribution in [0.2, 0.25) is 0 Å². The molecule has 3 aromatic heterocycles. The van der Waals surface area contributed by atoms with Crippen molar-refractivity contribution in [1.29, 1.82) is 0 Å². The molecule has 8 heteroatoms. The molecular weight excluding hydrogens is 290 g/mol. The van der Waals surface area contributed by atoms with Crippen LogP contribution in [-0.4, -0.2) is 24.7 Å². The fourth-order valence-corrected chi connectivity index (χ4v) is 2.60. The molecule has 0 aliphatic carbocycles. The summed E-state index contributed by atoms with van der Waals surface area (Å²) in [4.78, 5) is 24.2. The summed E-state index contributed by atoms with van der Waals surface area (Å²) in [6.45, 7) is 4.33. The molecule has 7 nitrogen and oxygen atoms in total. The second kappa shape index (κ2) is 5.57. The SMILES string of the molecule is Cc1cnc(-c2noc(CCn3c(C)csc3=O)n2)nc1. The monoisotopic (exact) mass is 303 g/mol. The lowest BCUT2D eigenvalue weighted by Gasteiger charge is -2.00. The number of aryl methyl sites for hydroxylation is 3. The average Bonchev–Trinajstić information content (AvgIpc) is 3.06. The van der Waals surface area contributed by atoms with Gasteiger partial charge in [0.05, 0.1) is 0 Å². The highest BCUT2D eigenvalue weighted by Crippen LogP contribution is 2.11. The maximum atomic E-state index is 11.6. The number of hydrogen-bond acceptors (Lipinski definition) is 7. The zero-order valence-corrected chi connectivity index (χ0v) is 12.4. The van der Waals surface area contributed by atoms with Crippen molar-refractivity contribution in [3.05, 3.63) is 44.6 Å². The van der Waals surface area contributed by atoms with E-state index in [4.69, 9.17) is 4.52 Å². The van der Waals surface area contributed by atoms with E-state index >= 15 is 0 Å². The van der Waals surface area contributed by atoms with E-state index in [1.165, 1.54) is 11.3 Å². The van der Waals surface area contributed by atoms with Crippen molar-refractivity contribution in [2.24, 2.45) is 0 Å². The molecule has 0 bridgehead atoms. The van der Waals surface area contributed by atoms with E-state index in [0.717, 1.165) is 11.3 Å². The largest absolute Gasteiger partial charge is 0.339 e. The molecule has 0 saturated heterocycles. The van der Waals surface area contributed by atoms with Gasteiger partial charge in [0.15, 0.2) is 0 Å². The summed E-state index contributed by atoms with van der Waals surface area (Å²) in [6, 6.07) is 0. The molecule has 0 fully saturated rings. The minimum absolute atomic E-state index is 0.0223. The van der Waals surface area contributed by atoms with E-state index in [1.54, 1.807) is 17.0 Å². The lowest BCUT2D eigenvalue weighted by molar-refractivity contribution is 0.371. The number of rotatable bonds is 4. The van der Waals surface area contributed by atoms with Crippen LogP contribution in [-0.2, 0) is 13.0 Å². The molecule has 108 valence electrons. The third kappa shape index (κ3) is 2.89. The van der Waals surface area contributed by atoms with E-state index in [9.17, 15) is 4.79 Å². The van der Waals surface area contributed by atoms with Crippen LogP contribution in [0.4, 0.5) is 0 Å². The Balaban J connectivity index is 1.74. The van der Waals surface area contributed by atoms with Gasteiger partial charge in [0.25, 0.3) is 0 Å². The predicted octanol–water partition coefficient (Wildman–Crippen LogP) is 1.61. The van der Waals surface area contributed by atoms with E-state index in [2.05, 4.69) is 20.1 Å². The molecule has 21 heavy (non-hydrogen) atoms. The van der Waals surface area contributed by atoms with Gasteiger partial charge in [-0.15, -0.1) is 0 Å². The van der Waals surface area contributed by atoms with Crippen LogP contribution in [0, 0.1) is 13.8 Å². The Kier molecular flexibility index (Phi) is 3.61. The molecule has 0 aliphatic rings. The summed E-state index contributed by atoms with van der Waals surface area (Å²) in [7, 11) is 0. The smallest absolute Gasteiger partial charge is 0.307 e. The van der Waals surface area contributed by atoms with Crippen molar-refractivity contribution in [1.82, 2.24) is 24.7 Å². The van der Waals surface area contributed by atoms with Crippen LogP contribution in [0.15, 0.2) is 27.1 Å². The summed E-state index contributed by atoms with van der Waals surface area (Å²) in [6.07, 6.45) is 3.90. The van der Waals surface area contributed by atoms with Gasteiger partial charge in [0.1, 0.15) is 0 Å². The summed E-state index contributed by atoms with van der Waals surface area (Å²) >= 11 is 1.19. The molecule has 0 N–H and O–H groups in total. The molecule has 0 unspecified atom stereocenters. The number of thiazole rings is 1.